The van der Waals surface area contributed by atoms with E-state index < -0.39 is 30.2 Å². The van der Waals surface area contributed by atoms with E-state index in [1.54, 1.807) is 23.9 Å². The van der Waals surface area contributed by atoms with Gasteiger partial charge in [0.05, 0.1) is 16.8 Å². The molecule has 0 bridgehead atoms. The molecule has 1 aromatic rings. The molecule has 0 spiro atoms. The van der Waals surface area contributed by atoms with Crippen molar-refractivity contribution in [3.63, 3.8) is 0 Å². The number of carbonyl (C=O) groups excluding carboxylic acids is 1. The van der Waals surface area contributed by atoms with Gasteiger partial charge in [-0.25, -0.2) is 15.8 Å². The van der Waals surface area contributed by atoms with E-state index in [2.05, 4.69) is 21.2 Å². The van der Waals surface area contributed by atoms with E-state index in [9.17, 15) is 18.0 Å². The molecule has 3 unspecified atom stereocenters. The molecular weight excluding hydrogens is 317 g/mol. The van der Waals surface area contributed by atoms with Gasteiger partial charge in [-0.2, -0.15) is 13.2 Å². The topological polar surface area (TPSA) is 66.1 Å². The SMILES string of the molecule is CCSc1ccc(C(=O)NC2NNC(C(F)(F)F)C2C)cn1. The van der Waals surface area contributed by atoms with E-state index in [-0.39, 0.29) is 0 Å². The fourth-order valence-electron chi connectivity index (χ4n) is 2.15. The molecule has 0 radical (unpaired) electrons. The number of alkyl halides is 3. The van der Waals surface area contributed by atoms with Gasteiger partial charge in [0, 0.05) is 12.1 Å². The number of rotatable bonds is 4. The summed E-state index contributed by atoms with van der Waals surface area (Å²) in [5.74, 6) is -0.423. The highest BCUT2D eigenvalue weighted by molar-refractivity contribution is 7.99. The lowest BCUT2D eigenvalue weighted by atomic mass is 10.0. The standard InChI is InChI=1S/C13H17F3N4OS/c1-3-22-9-5-4-8(6-17-9)12(21)18-11-7(2)10(19-20-11)13(14,15)16/h4-7,10-11,19-20H,3H2,1-2H3,(H,18,21). The average molecular weight is 334 g/mol. The van der Waals surface area contributed by atoms with Crippen LogP contribution in [-0.2, 0) is 0 Å². The molecule has 5 nitrogen and oxygen atoms in total. The van der Waals surface area contributed by atoms with Crippen molar-refractivity contribution in [1.82, 2.24) is 21.2 Å². The van der Waals surface area contributed by atoms with Crippen LogP contribution in [0, 0.1) is 5.92 Å². The molecule has 0 aromatic carbocycles. The van der Waals surface area contributed by atoms with Crippen LogP contribution in [0.15, 0.2) is 23.4 Å². The summed E-state index contributed by atoms with van der Waals surface area (Å²) in [4.78, 5) is 16.2. The summed E-state index contributed by atoms with van der Waals surface area (Å²) in [6.07, 6.45) is -3.75. The van der Waals surface area contributed by atoms with Gasteiger partial charge in [0.15, 0.2) is 0 Å². The van der Waals surface area contributed by atoms with E-state index in [1.807, 2.05) is 6.92 Å². The van der Waals surface area contributed by atoms with Gasteiger partial charge in [-0.05, 0) is 17.9 Å². The van der Waals surface area contributed by atoms with Crippen molar-refractivity contribution in [1.29, 1.82) is 0 Å². The molecule has 1 aliphatic heterocycles. The van der Waals surface area contributed by atoms with Crippen molar-refractivity contribution in [3.8, 4) is 0 Å². The van der Waals surface area contributed by atoms with E-state index in [0.717, 1.165) is 10.8 Å². The van der Waals surface area contributed by atoms with Gasteiger partial charge in [-0.3, -0.25) is 4.79 Å². The number of carbonyl (C=O) groups is 1. The Hall–Kier alpha value is -1.32. The van der Waals surface area contributed by atoms with Crippen LogP contribution < -0.4 is 16.2 Å². The van der Waals surface area contributed by atoms with E-state index in [0.29, 0.717) is 5.56 Å². The predicted molar refractivity (Wildman–Crippen MR) is 77.2 cm³/mol. The third-order valence-electron chi connectivity index (χ3n) is 3.38. The van der Waals surface area contributed by atoms with Gasteiger partial charge in [-0.1, -0.05) is 13.8 Å². The number of hydrogen-bond acceptors (Lipinski definition) is 5. The molecule has 1 aliphatic rings. The lowest BCUT2D eigenvalue weighted by Crippen LogP contribution is -2.46. The fourth-order valence-corrected chi connectivity index (χ4v) is 2.74. The Labute approximate surface area is 130 Å². The molecule has 2 rings (SSSR count). The zero-order valence-corrected chi connectivity index (χ0v) is 12.9. The average Bonchev–Trinajstić information content (AvgIpc) is 2.81. The monoisotopic (exact) mass is 334 g/mol. The normalized spacial score (nSPS) is 25.2. The summed E-state index contributed by atoms with van der Waals surface area (Å²) in [6, 6.07) is 1.62. The van der Waals surface area contributed by atoms with Crippen LogP contribution in [0.5, 0.6) is 0 Å². The molecule has 2 heterocycles. The van der Waals surface area contributed by atoms with Crippen LogP contribution >= 0.6 is 11.8 Å². The van der Waals surface area contributed by atoms with Crippen LogP contribution in [0.4, 0.5) is 13.2 Å². The number of aromatic nitrogens is 1. The first-order valence-corrected chi connectivity index (χ1v) is 7.79. The van der Waals surface area contributed by atoms with Crippen molar-refractivity contribution < 1.29 is 18.0 Å². The van der Waals surface area contributed by atoms with Crippen LogP contribution in [0.25, 0.3) is 0 Å². The summed E-state index contributed by atoms with van der Waals surface area (Å²) < 4.78 is 38.2. The van der Waals surface area contributed by atoms with Gasteiger partial charge < -0.3 is 5.32 Å². The third-order valence-corrected chi connectivity index (χ3v) is 4.20. The first kappa shape index (κ1) is 17.0. The zero-order valence-electron chi connectivity index (χ0n) is 12.1. The Morgan fingerprint density at radius 3 is 2.64 bits per heavy atom. The molecule has 0 saturated carbocycles. The minimum Gasteiger partial charge on any atom is -0.335 e. The van der Waals surface area contributed by atoms with Crippen molar-refractivity contribution in [2.45, 2.75) is 37.3 Å². The number of amides is 1. The lowest BCUT2D eigenvalue weighted by Gasteiger charge is -2.21. The van der Waals surface area contributed by atoms with Gasteiger partial charge >= 0.3 is 6.18 Å². The fraction of sp³-hybridized carbons (Fsp3) is 0.538. The van der Waals surface area contributed by atoms with Crippen LogP contribution in [0.3, 0.4) is 0 Å². The van der Waals surface area contributed by atoms with Gasteiger partial charge in [0.2, 0.25) is 0 Å². The van der Waals surface area contributed by atoms with Crippen molar-refractivity contribution in [3.05, 3.63) is 23.9 Å². The van der Waals surface area contributed by atoms with Gasteiger partial charge in [-0.15, -0.1) is 11.8 Å². The van der Waals surface area contributed by atoms with Crippen molar-refractivity contribution in [2.75, 3.05) is 5.75 Å². The summed E-state index contributed by atoms with van der Waals surface area (Å²) in [5, 5.41) is 3.34. The summed E-state index contributed by atoms with van der Waals surface area (Å²) in [5.41, 5.74) is 4.95. The molecular formula is C13H17F3N4OS. The number of hydrogen-bond donors (Lipinski definition) is 3. The Morgan fingerprint density at radius 1 is 1.41 bits per heavy atom. The number of nitrogens with one attached hydrogen (secondary N) is 3. The second-order valence-corrected chi connectivity index (χ2v) is 6.22. The molecule has 1 saturated heterocycles. The Morgan fingerprint density at radius 2 is 2.14 bits per heavy atom. The maximum absolute atomic E-state index is 12.7. The van der Waals surface area contributed by atoms with Crippen molar-refractivity contribution >= 4 is 17.7 Å². The quantitative estimate of drug-likeness (QED) is 0.734. The predicted octanol–water partition coefficient (Wildman–Crippen LogP) is 1.92. The molecule has 9 heteroatoms. The molecule has 22 heavy (non-hydrogen) atoms. The Kier molecular flexibility index (Phi) is 5.30. The maximum atomic E-state index is 12.7. The summed E-state index contributed by atoms with van der Waals surface area (Å²) in [6.45, 7) is 3.42. The van der Waals surface area contributed by atoms with Gasteiger partial charge in [0.25, 0.3) is 5.91 Å². The van der Waals surface area contributed by atoms with Crippen LogP contribution in [0.1, 0.15) is 24.2 Å². The minimum absolute atomic E-state index is 0.310. The highest BCUT2D eigenvalue weighted by atomic mass is 32.2. The molecule has 1 aromatic heterocycles. The molecule has 3 N–H and O–H groups in total. The smallest absolute Gasteiger partial charge is 0.335 e. The van der Waals surface area contributed by atoms with Crippen molar-refractivity contribution in [2.24, 2.45) is 5.92 Å². The second-order valence-electron chi connectivity index (χ2n) is 4.94. The molecule has 122 valence electrons. The summed E-state index contributed by atoms with van der Waals surface area (Å²) in [7, 11) is 0. The van der Waals surface area contributed by atoms with E-state index in [4.69, 9.17) is 0 Å². The number of pyridine rings is 1. The molecule has 0 aliphatic carbocycles. The minimum atomic E-state index is -4.37. The van der Waals surface area contributed by atoms with Crippen LogP contribution in [0.2, 0.25) is 0 Å². The Balaban J connectivity index is 1.97. The number of nitrogens with zero attached hydrogens (tertiary/aromatic N) is 1. The zero-order chi connectivity index (χ0) is 16.3. The maximum Gasteiger partial charge on any atom is 0.405 e. The largest absolute Gasteiger partial charge is 0.405 e. The molecule has 1 fully saturated rings. The summed E-state index contributed by atoms with van der Waals surface area (Å²) >= 11 is 1.54. The Bertz CT molecular complexity index is 523. The highest BCUT2D eigenvalue weighted by Gasteiger charge is 2.49. The third kappa shape index (κ3) is 3.90. The number of halogens is 3. The number of thioether (sulfide) groups is 1. The van der Waals surface area contributed by atoms with Crippen LogP contribution in [-0.4, -0.2) is 35.0 Å². The second kappa shape index (κ2) is 6.84. The number of hydrazine groups is 1. The lowest BCUT2D eigenvalue weighted by molar-refractivity contribution is -0.160. The first-order chi connectivity index (χ1) is 10.3. The molecule has 1 amide bonds. The highest BCUT2D eigenvalue weighted by Crippen LogP contribution is 2.29. The first-order valence-electron chi connectivity index (χ1n) is 6.80. The molecule has 3 atom stereocenters. The van der Waals surface area contributed by atoms with Gasteiger partial charge in [0.1, 0.15) is 6.04 Å². The van der Waals surface area contributed by atoms with E-state index in [1.165, 1.54) is 13.1 Å². The van der Waals surface area contributed by atoms with E-state index >= 15 is 0 Å².